The average Bonchev–Trinajstić information content (AvgIpc) is 2.48. The predicted molar refractivity (Wildman–Crippen MR) is 92.2 cm³/mol. The van der Waals surface area contributed by atoms with Gasteiger partial charge < -0.3 is 10.6 Å². The summed E-state index contributed by atoms with van der Waals surface area (Å²) in [5.41, 5.74) is 7.24. The van der Waals surface area contributed by atoms with Crippen LogP contribution in [0, 0.1) is 13.8 Å². The number of rotatable bonds is 3. The normalized spacial score (nSPS) is 17.5. The molecular weight excluding hydrogens is 338 g/mol. The molecule has 1 aromatic rings. The molecule has 6 nitrogen and oxygen atoms in total. The number of carbonyl (C=O) groups excluding carboxylic acids is 1. The van der Waals surface area contributed by atoms with Crippen LogP contribution in [-0.4, -0.2) is 55.8 Å². The van der Waals surface area contributed by atoms with E-state index >= 15 is 0 Å². The molecule has 2 N–H and O–H groups in total. The molecule has 1 heterocycles. The fourth-order valence-corrected chi connectivity index (χ4v) is 4.29. The van der Waals surface area contributed by atoms with Gasteiger partial charge in [0.15, 0.2) is 0 Å². The summed E-state index contributed by atoms with van der Waals surface area (Å²) in [6.07, 6.45) is 0. The van der Waals surface area contributed by atoms with Gasteiger partial charge in [0.1, 0.15) is 0 Å². The summed E-state index contributed by atoms with van der Waals surface area (Å²) in [5.74, 6) is -0.135. The van der Waals surface area contributed by atoms with E-state index in [1.54, 1.807) is 24.8 Å². The van der Waals surface area contributed by atoms with Crippen molar-refractivity contribution in [2.45, 2.75) is 31.7 Å². The molecule has 0 aromatic heterocycles. The number of benzene rings is 1. The molecule has 23 heavy (non-hydrogen) atoms. The number of nitrogens with two attached hydrogens (primary N) is 1. The zero-order valence-corrected chi connectivity index (χ0v) is 15.3. The van der Waals surface area contributed by atoms with Crippen molar-refractivity contribution in [3.63, 3.8) is 0 Å². The minimum Gasteiger partial charge on any atom is -0.339 e. The van der Waals surface area contributed by atoms with Crippen molar-refractivity contribution in [1.29, 1.82) is 0 Å². The number of amides is 1. The molecule has 1 atom stereocenters. The molecule has 0 spiro atoms. The number of hydrogen-bond acceptors (Lipinski definition) is 4. The Hall–Kier alpha value is -1.15. The number of nitrogens with zero attached hydrogens (tertiary/aromatic N) is 2. The molecule has 1 amide bonds. The predicted octanol–water partition coefficient (Wildman–Crippen LogP) is 0.905. The zero-order chi connectivity index (χ0) is 16.5. The van der Waals surface area contributed by atoms with Crippen LogP contribution in [0.15, 0.2) is 23.1 Å². The summed E-state index contributed by atoms with van der Waals surface area (Å²) in [7, 11) is -3.52. The van der Waals surface area contributed by atoms with Crippen LogP contribution < -0.4 is 5.73 Å². The number of sulfonamides is 1. The third-order valence-corrected chi connectivity index (χ3v) is 5.94. The maximum atomic E-state index is 12.8. The maximum absolute atomic E-state index is 12.8. The summed E-state index contributed by atoms with van der Waals surface area (Å²) in [6, 6.07) is 4.86. The van der Waals surface area contributed by atoms with E-state index in [0.29, 0.717) is 31.1 Å². The van der Waals surface area contributed by atoms with E-state index in [1.807, 2.05) is 19.1 Å². The van der Waals surface area contributed by atoms with Crippen molar-refractivity contribution >= 4 is 28.3 Å². The Kier molecular flexibility index (Phi) is 6.59. The third kappa shape index (κ3) is 4.23. The van der Waals surface area contributed by atoms with Gasteiger partial charge in [-0.25, -0.2) is 8.42 Å². The van der Waals surface area contributed by atoms with Crippen LogP contribution in [0.25, 0.3) is 0 Å². The first-order valence-corrected chi connectivity index (χ1v) is 8.79. The van der Waals surface area contributed by atoms with Gasteiger partial charge in [0.25, 0.3) is 0 Å². The summed E-state index contributed by atoms with van der Waals surface area (Å²) >= 11 is 0. The Labute approximate surface area is 144 Å². The summed E-state index contributed by atoms with van der Waals surface area (Å²) in [6.45, 7) is 6.67. The van der Waals surface area contributed by atoms with Crippen LogP contribution in [0.4, 0.5) is 0 Å². The second-order valence-electron chi connectivity index (χ2n) is 5.79. The first-order chi connectivity index (χ1) is 10.2. The zero-order valence-electron chi connectivity index (χ0n) is 13.7. The van der Waals surface area contributed by atoms with Gasteiger partial charge in [-0.15, -0.1) is 12.4 Å². The van der Waals surface area contributed by atoms with E-state index in [1.165, 1.54) is 4.31 Å². The highest BCUT2D eigenvalue weighted by molar-refractivity contribution is 7.89. The van der Waals surface area contributed by atoms with Gasteiger partial charge >= 0.3 is 0 Å². The minimum atomic E-state index is -3.52. The van der Waals surface area contributed by atoms with Gasteiger partial charge in [-0.3, -0.25) is 4.79 Å². The number of halogens is 1. The smallest absolute Gasteiger partial charge is 0.243 e. The van der Waals surface area contributed by atoms with Crippen molar-refractivity contribution in [1.82, 2.24) is 9.21 Å². The average molecular weight is 362 g/mol. The highest BCUT2D eigenvalue weighted by atomic mass is 35.5. The maximum Gasteiger partial charge on any atom is 0.243 e. The number of hydrogen-bond donors (Lipinski definition) is 1. The summed E-state index contributed by atoms with van der Waals surface area (Å²) in [5, 5.41) is 0. The van der Waals surface area contributed by atoms with Crippen molar-refractivity contribution in [3.05, 3.63) is 29.3 Å². The largest absolute Gasteiger partial charge is 0.339 e. The quantitative estimate of drug-likeness (QED) is 0.867. The van der Waals surface area contributed by atoms with Crippen molar-refractivity contribution in [2.75, 3.05) is 26.2 Å². The molecule has 1 fully saturated rings. The highest BCUT2D eigenvalue weighted by Gasteiger charge is 2.31. The molecular formula is C15H24ClN3O3S. The highest BCUT2D eigenvalue weighted by Crippen LogP contribution is 2.22. The van der Waals surface area contributed by atoms with Crippen LogP contribution in [0.2, 0.25) is 0 Å². The molecule has 2 rings (SSSR count). The third-order valence-electron chi connectivity index (χ3n) is 3.90. The molecule has 1 aromatic carbocycles. The molecule has 1 unspecified atom stereocenters. The molecule has 1 saturated heterocycles. The molecule has 0 radical (unpaired) electrons. The second kappa shape index (κ2) is 7.61. The van der Waals surface area contributed by atoms with Gasteiger partial charge in [0, 0.05) is 26.2 Å². The first kappa shape index (κ1) is 19.9. The van der Waals surface area contributed by atoms with Crippen molar-refractivity contribution in [3.8, 4) is 0 Å². The van der Waals surface area contributed by atoms with Crippen molar-refractivity contribution < 1.29 is 13.2 Å². The molecule has 1 aliphatic rings. The summed E-state index contributed by atoms with van der Waals surface area (Å²) in [4.78, 5) is 13.8. The summed E-state index contributed by atoms with van der Waals surface area (Å²) < 4.78 is 27.0. The lowest BCUT2D eigenvalue weighted by atomic mass is 10.2. The molecule has 8 heteroatoms. The van der Waals surface area contributed by atoms with E-state index in [4.69, 9.17) is 5.73 Å². The minimum absolute atomic E-state index is 0. The van der Waals surface area contributed by atoms with Crippen LogP contribution in [0.5, 0.6) is 0 Å². The van der Waals surface area contributed by atoms with E-state index in [-0.39, 0.29) is 18.3 Å². The standard InChI is InChI=1S/C15H23N3O3S.ClH/c1-11-4-5-12(2)14(10-11)22(20,21)18-8-6-17(7-9-18)15(19)13(3)16;/h4-5,10,13H,6-9,16H2,1-3H3;1H. The van der Waals surface area contributed by atoms with Gasteiger partial charge in [0.05, 0.1) is 10.9 Å². The van der Waals surface area contributed by atoms with Gasteiger partial charge in [-0.1, -0.05) is 12.1 Å². The van der Waals surface area contributed by atoms with Crippen LogP contribution in [0.1, 0.15) is 18.1 Å². The van der Waals surface area contributed by atoms with E-state index < -0.39 is 16.1 Å². The first-order valence-electron chi connectivity index (χ1n) is 7.35. The lowest BCUT2D eigenvalue weighted by Crippen LogP contribution is -2.53. The van der Waals surface area contributed by atoms with E-state index in [9.17, 15) is 13.2 Å². The van der Waals surface area contributed by atoms with Crippen molar-refractivity contribution in [2.24, 2.45) is 5.73 Å². The monoisotopic (exact) mass is 361 g/mol. The van der Waals surface area contributed by atoms with Crippen LogP contribution >= 0.6 is 12.4 Å². The molecule has 1 aliphatic heterocycles. The van der Waals surface area contributed by atoms with Crippen LogP contribution in [0.3, 0.4) is 0 Å². The Morgan fingerprint density at radius 3 is 2.26 bits per heavy atom. The Morgan fingerprint density at radius 1 is 1.17 bits per heavy atom. The van der Waals surface area contributed by atoms with Gasteiger partial charge in [-0.05, 0) is 38.0 Å². The van der Waals surface area contributed by atoms with Gasteiger partial charge in [-0.2, -0.15) is 4.31 Å². The fourth-order valence-electron chi connectivity index (χ4n) is 2.56. The molecule has 130 valence electrons. The second-order valence-corrected chi connectivity index (χ2v) is 7.69. The molecule has 0 saturated carbocycles. The SMILES string of the molecule is Cc1ccc(C)c(S(=O)(=O)N2CCN(C(=O)C(C)N)CC2)c1.Cl. The topological polar surface area (TPSA) is 83.7 Å². The van der Waals surface area contributed by atoms with Crippen LogP contribution in [-0.2, 0) is 14.8 Å². The lowest BCUT2D eigenvalue weighted by molar-refractivity contribution is -0.133. The van der Waals surface area contributed by atoms with E-state index in [2.05, 4.69) is 0 Å². The number of carbonyl (C=O) groups is 1. The Bertz CT molecular complexity index is 669. The number of piperazine rings is 1. The van der Waals surface area contributed by atoms with E-state index in [0.717, 1.165) is 11.1 Å². The lowest BCUT2D eigenvalue weighted by Gasteiger charge is -2.35. The molecule has 0 bridgehead atoms. The number of aryl methyl sites for hydroxylation is 2. The fraction of sp³-hybridized carbons (Fsp3) is 0.533. The Morgan fingerprint density at radius 2 is 1.74 bits per heavy atom. The van der Waals surface area contributed by atoms with Gasteiger partial charge in [0.2, 0.25) is 15.9 Å². The molecule has 0 aliphatic carbocycles. The Balaban J connectivity index is 0.00000264.